The molecular formula is C17H19ClN2O3. The lowest BCUT2D eigenvalue weighted by Gasteiger charge is -2.26. The van der Waals surface area contributed by atoms with Gasteiger partial charge in [0.15, 0.2) is 6.61 Å². The van der Waals surface area contributed by atoms with Crippen LogP contribution in [0.5, 0.6) is 0 Å². The molecule has 1 amide bonds. The zero-order chi connectivity index (χ0) is 16.8. The maximum atomic E-state index is 12.3. The van der Waals surface area contributed by atoms with Gasteiger partial charge in [-0.05, 0) is 25.5 Å². The summed E-state index contributed by atoms with van der Waals surface area (Å²) < 4.78 is 5.05. The highest BCUT2D eigenvalue weighted by atomic mass is 35.5. The topological polar surface area (TPSA) is 62.4 Å². The first kappa shape index (κ1) is 17.1. The van der Waals surface area contributed by atoms with Gasteiger partial charge in [0, 0.05) is 18.8 Å². The second-order valence-corrected chi connectivity index (χ2v) is 5.85. The van der Waals surface area contributed by atoms with Crippen molar-refractivity contribution in [3.63, 3.8) is 0 Å². The SMILES string of the molecule is CC(C)N(Cc1ccccc1)C(=O)COC(=O)c1cc(Cl)c[nH]1. The quantitative estimate of drug-likeness (QED) is 0.825. The predicted octanol–water partition coefficient (Wildman–Crippen LogP) is 3.26. The first-order valence-corrected chi connectivity index (χ1v) is 7.69. The van der Waals surface area contributed by atoms with Crippen molar-refractivity contribution in [2.45, 2.75) is 26.4 Å². The number of H-pyrrole nitrogens is 1. The van der Waals surface area contributed by atoms with Crippen LogP contribution in [0.1, 0.15) is 29.9 Å². The Labute approximate surface area is 140 Å². The van der Waals surface area contributed by atoms with Gasteiger partial charge in [0.1, 0.15) is 5.69 Å². The van der Waals surface area contributed by atoms with Crippen LogP contribution in [0.15, 0.2) is 42.6 Å². The lowest BCUT2D eigenvalue weighted by Crippen LogP contribution is -2.39. The molecule has 23 heavy (non-hydrogen) atoms. The van der Waals surface area contributed by atoms with E-state index in [-0.39, 0.29) is 24.2 Å². The molecule has 0 atom stereocenters. The largest absolute Gasteiger partial charge is 0.451 e. The van der Waals surface area contributed by atoms with Crippen molar-refractivity contribution < 1.29 is 14.3 Å². The summed E-state index contributed by atoms with van der Waals surface area (Å²) in [6.45, 7) is 4.02. The molecule has 2 aromatic rings. The summed E-state index contributed by atoms with van der Waals surface area (Å²) in [5.41, 5.74) is 1.25. The van der Waals surface area contributed by atoms with E-state index in [1.807, 2.05) is 44.2 Å². The number of nitrogens with one attached hydrogen (secondary N) is 1. The molecule has 1 aromatic heterocycles. The Morgan fingerprint density at radius 2 is 1.96 bits per heavy atom. The molecule has 0 bridgehead atoms. The molecule has 0 saturated heterocycles. The third-order valence-corrected chi connectivity index (χ3v) is 3.55. The fourth-order valence-electron chi connectivity index (χ4n) is 2.11. The minimum atomic E-state index is -0.603. The molecule has 0 radical (unpaired) electrons. The van der Waals surface area contributed by atoms with Crippen molar-refractivity contribution in [1.82, 2.24) is 9.88 Å². The number of halogens is 1. The fourth-order valence-corrected chi connectivity index (χ4v) is 2.28. The first-order valence-electron chi connectivity index (χ1n) is 7.32. The Balaban J connectivity index is 1.94. The van der Waals surface area contributed by atoms with Crippen LogP contribution in [0, 0.1) is 0 Å². The predicted molar refractivity (Wildman–Crippen MR) is 88.2 cm³/mol. The van der Waals surface area contributed by atoms with Gasteiger partial charge in [0.2, 0.25) is 0 Å². The van der Waals surface area contributed by atoms with Gasteiger partial charge in [-0.25, -0.2) is 4.79 Å². The van der Waals surface area contributed by atoms with Gasteiger partial charge in [0.25, 0.3) is 5.91 Å². The van der Waals surface area contributed by atoms with E-state index in [1.54, 1.807) is 4.90 Å². The van der Waals surface area contributed by atoms with Crippen LogP contribution in [0.2, 0.25) is 5.02 Å². The van der Waals surface area contributed by atoms with Crippen LogP contribution in [-0.2, 0) is 16.1 Å². The summed E-state index contributed by atoms with van der Waals surface area (Å²) in [7, 11) is 0. The van der Waals surface area contributed by atoms with E-state index in [4.69, 9.17) is 16.3 Å². The van der Waals surface area contributed by atoms with E-state index >= 15 is 0 Å². The number of amides is 1. The van der Waals surface area contributed by atoms with E-state index in [0.29, 0.717) is 11.6 Å². The van der Waals surface area contributed by atoms with Crippen LogP contribution in [0.4, 0.5) is 0 Å². The molecule has 0 spiro atoms. The smallest absolute Gasteiger partial charge is 0.355 e. The Hall–Kier alpha value is -2.27. The number of aromatic nitrogens is 1. The van der Waals surface area contributed by atoms with Gasteiger partial charge in [-0.2, -0.15) is 0 Å². The molecule has 1 heterocycles. The number of carbonyl (C=O) groups excluding carboxylic acids is 2. The summed E-state index contributed by atoms with van der Waals surface area (Å²) in [6, 6.07) is 11.1. The van der Waals surface area contributed by atoms with Crippen molar-refractivity contribution in [3.8, 4) is 0 Å². The van der Waals surface area contributed by atoms with Gasteiger partial charge >= 0.3 is 5.97 Å². The van der Waals surface area contributed by atoms with E-state index in [0.717, 1.165) is 5.56 Å². The number of rotatable bonds is 6. The van der Waals surface area contributed by atoms with Crippen LogP contribution in [0.25, 0.3) is 0 Å². The number of benzene rings is 1. The molecule has 0 aliphatic heterocycles. The van der Waals surface area contributed by atoms with Crippen LogP contribution < -0.4 is 0 Å². The maximum absolute atomic E-state index is 12.3. The Kier molecular flexibility index (Phi) is 5.82. The monoisotopic (exact) mass is 334 g/mol. The van der Waals surface area contributed by atoms with E-state index in [2.05, 4.69) is 4.98 Å². The van der Waals surface area contributed by atoms with Crippen molar-refractivity contribution in [2.75, 3.05) is 6.61 Å². The average molecular weight is 335 g/mol. The summed E-state index contributed by atoms with van der Waals surface area (Å²) in [5.74, 6) is -0.844. The highest BCUT2D eigenvalue weighted by Crippen LogP contribution is 2.12. The number of hydrogen-bond donors (Lipinski definition) is 1. The van der Waals surface area contributed by atoms with Crippen molar-refractivity contribution in [2.24, 2.45) is 0 Å². The highest BCUT2D eigenvalue weighted by molar-refractivity contribution is 6.30. The summed E-state index contributed by atoms with van der Waals surface area (Å²) >= 11 is 5.74. The first-order chi connectivity index (χ1) is 11.0. The lowest BCUT2D eigenvalue weighted by atomic mass is 10.2. The molecule has 0 saturated carbocycles. The number of aromatic amines is 1. The summed E-state index contributed by atoms with van der Waals surface area (Å²) in [6.07, 6.45) is 1.48. The van der Waals surface area contributed by atoms with Gasteiger partial charge in [-0.3, -0.25) is 4.79 Å². The third kappa shape index (κ3) is 4.86. The lowest BCUT2D eigenvalue weighted by molar-refractivity contribution is -0.136. The molecule has 122 valence electrons. The number of nitrogens with zero attached hydrogens (tertiary/aromatic N) is 1. The van der Waals surface area contributed by atoms with Gasteiger partial charge in [-0.15, -0.1) is 0 Å². The molecule has 0 unspecified atom stereocenters. The van der Waals surface area contributed by atoms with Crippen LogP contribution in [-0.4, -0.2) is 34.4 Å². The number of ether oxygens (including phenoxy) is 1. The fraction of sp³-hybridized carbons (Fsp3) is 0.294. The zero-order valence-electron chi connectivity index (χ0n) is 13.1. The molecule has 1 aromatic carbocycles. The Morgan fingerprint density at radius 3 is 2.52 bits per heavy atom. The minimum absolute atomic E-state index is 0.00124. The number of esters is 1. The van der Waals surface area contributed by atoms with Crippen molar-refractivity contribution in [3.05, 3.63) is 58.9 Å². The highest BCUT2D eigenvalue weighted by Gasteiger charge is 2.20. The normalized spacial score (nSPS) is 10.6. The second kappa shape index (κ2) is 7.83. The molecule has 5 nitrogen and oxygen atoms in total. The van der Waals surface area contributed by atoms with Gasteiger partial charge < -0.3 is 14.6 Å². The van der Waals surface area contributed by atoms with E-state index in [9.17, 15) is 9.59 Å². The Bertz CT molecular complexity index is 667. The molecule has 0 aliphatic rings. The minimum Gasteiger partial charge on any atom is -0.451 e. The number of hydrogen-bond acceptors (Lipinski definition) is 3. The van der Waals surface area contributed by atoms with Crippen molar-refractivity contribution in [1.29, 1.82) is 0 Å². The zero-order valence-corrected chi connectivity index (χ0v) is 13.8. The van der Waals surface area contributed by atoms with Crippen molar-refractivity contribution >= 4 is 23.5 Å². The molecule has 1 N–H and O–H groups in total. The van der Waals surface area contributed by atoms with E-state index < -0.39 is 5.97 Å². The molecule has 0 fully saturated rings. The molecule has 0 aliphatic carbocycles. The molecule has 2 rings (SSSR count). The molecule has 6 heteroatoms. The standard InChI is InChI=1S/C17H19ClN2O3/c1-12(2)20(10-13-6-4-3-5-7-13)16(21)11-23-17(22)15-8-14(18)9-19-15/h3-9,12,19H,10-11H2,1-2H3. The third-order valence-electron chi connectivity index (χ3n) is 3.33. The van der Waals surface area contributed by atoms with E-state index in [1.165, 1.54) is 12.3 Å². The summed E-state index contributed by atoms with van der Waals surface area (Å²) in [5, 5.41) is 0.413. The van der Waals surface area contributed by atoms with Crippen LogP contribution in [0.3, 0.4) is 0 Å². The Morgan fingerprint density at radius 1 is 1.26 bits per heavy atom. The second-order valence-electron chi connectivity index (χ2n) is 5.41. The van der Waals surface area contributed by atoms with Gasteiger partial charge in [0.05, 0.1) is 5.02 Å². The number of carbonyl (C=O) groups is 2. The summed E-state index contributed by atoms with van der Waals surface area (Å²) in [4.78, 5) is 28.5. The average Bonchev–Trinajstić information content (AvgIpc) is 2.97. The maximum Gasteiger partial charge on any atom is 0.355 e. The van der Waals surface area contributed by atoms with Crippen LogP contribution >= 0.6 is 11.6 Å². The molecular weight excluding hydrogens is 316 g/mol. The van der Waals surface area contributed by atoms with Gasteiger partial charge in [-0.1, -0.05) is 41.9 Å².